The molecule has 0 spiro atoms. The number of anilines is 1. The van der Waals surface area contributed by atoms with E-state index in [0.29, 0.717) is 28.1 Å². The SMILES string of the molecule is CCN(CC)CCNC(=O)C1CCN(c2ccc3nnc(-c4ccc(Cl)c(Cl)c4)n3n2)CC1. The zero-order chi connectivity index (χ0) is 23.4. The quantitative estimate of drug-likeness (QED) is 0.518. The van der Waals surface area contributed by atoms with Crippen molar-refractivity contribution in [2.75, 3.05) is 44.2 Å². The molecule has 3 aromatic rings. The van der Waals surface area contributed by atoms with Gasteiger partial charge >= 0.3 is 0 Å². The first-order valence-electron chi connectivity index (χ1n) is 11.4. The molecule has 1 N–H and O–H groups in total. The maximum Gasteiger partial charge on any atom is 0.223 e. The van der Waals surface area contributed by atoms with Gasteiger partial charge in [0.25, 0.3) is 0 Å². The topological polar surface area (TPSA) is 78.7 Å². The summed E-state index contributed by atoms with van der Waals surface area (Å²) in [4.78, 5) is 17.1. The van der Waals surface area contributed by atoms with Gasteiger partial charge in [0.05, 0.1) is 10.0 Å². The molecule has 0 bridgehead atoms. The lowest BCUT2D eigenvalue weighted by Crippen LogP contribution is -2.43. The van der Waals surface area contributed by atoms with Crippen LogP contribution in [0.1, 0.15) is 26.7 Å². The molecule has 0 unspecified atom stereocenters. The van der Waals surface area contributed by atoms with Gasteiger partial charge in [0, 0.05) is 37.7 Å². The molecule has 0 saturated carbocycles. The molecule has 1 aliphatic heterocycles. The third-order valence-electron chi connectivity index (χ3n) is 6.24. The van der Waals surface area contributed by atoms with Crippen LogP contribution in [-0.4, -0.2) is 69.9 Å². The fourth-order valence-corrected chi connectivity index (χ4v) is 4.45. The highest BCUT2D eigenvalue weighted by Crippen LogP contribution is 2.28. The Morgan fingerprint density at radius 3 is 2.55 bits per heavy atom. The summed E-state index contributed by atoms with van der Waals surface area (Å²) < 4.78 is 1.72. The number of carbonyl (C=O) groups excluding carboxylic acids is 1. The molecule has 2 aromatic heterocycles. The van der Waals surface area contributed by atoms with Crippen LogP contribution in [0.3, 0.4) is 0 Å². The number of hydrogen-bond acceptors (Lipinski definition) is 6. The molecule has 1 fully saturated rings. The Hall–Kier alpha value is -2.42. The third kappa shape index (κ3) is 5.39. The van der Waals surface area contributed by atoms with Crippen LogP contribution >= 0.6 is 23.2 Å². The molecule has 1 aliphatic rings. The molecule has 3 heterocycles. The summed E-state index contributed by atoms with van der Waals surface area (Å²) in [5.41, 5.74) is 1.45. The maximum absolute atomic E-state index is 12.6. The Morgan fingerprint density at radius 1 is 1.09 bits per heavy atom. The lowest BCUT2D eigenvalue weighted by atomic mass is 9.96. The van der Waals surface area contributed by atoms with Gasteiger partial charge in [0.2, 0.25) is 5.91 Å². The van der Waals surface area contributed by atoms with E-state index in [-0.39, 0.29) is 11.8 Å². The molecule has 0 radical (unpaired) electrons. The normalized spacial score (nSPS) is 14.9. The zero-order valence-corrected chi connectivity index (χ0v) is 20.5. The Labute approximate surface area is 203 Å². The highest BCUT2D eigenvalue weighted by molar-refractivity contribution is 6.42. The summed E-state index contributed by atoms with van der Waals surface area (Å²) >= 11 is 12.2. The number of carbonyl (C=O) groups is 1. The van der Waals surface area contributed by atoms with Gasteiger partial charge in [-0.05, 0) is 56.3 Å². The average Bonchev–Trinajstić information content (AvgIpc) is 3.27. The fourth-order valence-electron chi connectivity index (χ4n) is 4.16. The number of aromatic nitrogens is 4. The van der Waals surface area contributed by atoms with Crippen molar-refractivity contribution in [2.45, 2.75) is 26.7 Å². The fraction of sp³-hybridized carbons (Fsp3) is 0.478. The Kier molecular flexibility index (Phi) is 7.67. The molecule has 0 atom stereocenters. The third-order valence-corrected chi connectivity index (χ3v) is 6.98. The van der Waals surface area contributed by atoms with Gasteiger partial charge < -0.3 is 15.1 Å². The minimum Gasteiger partial charge on any atom is -0.355 e. The summed E-state index contributed by atoms with van der Waals surface area (Å²) in [5, 5.41) is 17.3. The first-order valence-corrected chi connectivity index (χ1v) is 12.2. The second-order valence-electron chi connectivity index (χ2n) is 8.19. The van der Waals surface area contributed by atoms with Gasteiger partial charge in [-0.3, -0.25) is 4.79 Å². The summed E-state index contributed by atoms with van der Waals surface area (Å²) in [6.07, 6.45) is 1.61. The lowest BCUT2D eigenvalue weighted by molar-refractivity contribution is -0.125. The van der Waals surface area contributed by atoms with Crippen LogP contribution in [0.15, 0.2) is 30.3 Å². The number of likely N-dealkylation sites (N-methyl/N-ethyl adjacent to an activating group) is 1. The van der Waals surface area contributed by atoms with E-state index in [1.165, 1.54) is 0 Å². The molecule has 1 amide bonds. The van der Waals surface area contributed by atoms with Crippen molar-refractivity contribution in [3.8, 4) is 11.4 Å². The van der Waals surface area contributed by atoms with Crippen LogP contribution in [-0.2, 0) is 4.79 Å². The number of halogens is 2. The van der Waals surface area contributed by atoms with E-state index in [2.05, 4.69) is 39.2 Å². The van der Waals surface area contributed by atoms with E-state index in [1.54, 1.807) is 16.6 Å². The van der Waals surface area contributed by atoms with Crippen molar-refractivity contribution in [3.05, 3.63) is 40.4 Å². The summed E-state index contributed by atoms with van der Waals surface area (Å²) in [6, 6.07) is 9.21. The average molecular weight is 490 g/mol. The van der Waals surface area contributed by atoms with Gasteiger partial charge in [-0.1, -0.05) is 37.0 Å². The molecular formula is C23H29Cl2N7O. The predicted octanol–water partition coefficient (Wildman–Crippen LogP) is 3.77. The Morgan fingerprint density at radius 2 is 1.85 bits per heavy atom. The van der Waals surface area contributed by atoms with E-state index in [4.69, 9.17) is 28.3 Å². The molecule has 10 heteroatoms. The van der Waals surface area contributed by atoms with Crippen LogP contribution in [0.4, 0.5) is 5.82 Å². The molecule has 1 aromatic carbocycles. The zero-order valence-electron chi connectivity index (χ0n) is 19.0. The summed E-state index contributed by atoms with van der Waals surface area (Å²) in [7, 11) is 0. The Balaban J connectivity index is 1.40. The Bertz CT molecular complexity index is 1110. The molecule has 0 aliphatic carbocycles. The molecular weight excluding hydrogens is 461 g/mol. The van der Waals surface area contributed by atoms with Crippen LogP contribution in [0.2, 0.25) is 10.0 Å². The van der Waals surface area contributed by atoms with E-state index >= 15 is 0 Å². The van der Waals surface area contributed by atoms with E-state index in [1.807, 2.05) is 18.2 Å². The van der Waals surface area contributed by atoms with Gasteiger partial charge in [0.1, 0.15) is 5.82 Å². The van der Waals surface area contributed by atoms with Crippen LogP contribution in [0.25, 0.3) is 17.0 Å². The molecule has 33 heavy (non-hydrogen) atoms. The monoisotopic (exact) mass is 489 g/mol. The van der Waals surface area contributed by atoms with Crippen molar-refractivity contribution in [2.24, 2.45) is 5.92 Å². The number of hydrogen-bond donors (Lipinski definition) is 1. The van der Waals surface area contributed by atoms with Crippen molar-refractivity contribution in [1.29, 1.82) is 0 Å². The van der Waals surface area contributed by atoms with E-state index < -0.39 is 0 Å². The molecule has 8 nitrogen and oxygen atoms in total. The van der Waals surface area contributed by atoms with Crippen LogP contribution in [0.5, 0.6) is 0 Å². The number of nitrogens with zero attached hydrogens (tertiary/aromatic N) is 6. The first kappa shape index (κ1) is 23.7. The van der Waals surface area contributed by atoms with Crippen LogP contribution in [0, 0.1) is 5.92 Å². The first-order chi connectivity index (χ1) is 16.0. The van der Waals surface area contributed by atoms with Gasteiger partial charge in [-0.2, -0.15) is 4.52 Å². The summed E-state index contributed by atoms with van der Waals surface area (Å²) in [6.45, 7) is 9.42. The highest BCUT2D eigenvalue weighted by atomic mass is 35.5. The van der Waals surface area contributed by atoms with Crippen molar-refractivity contribution < 1.29 is 4.79 Å². The number of nitrogens with one attached hydrogen (secondary N) is 1. The number of fused-ring (bicyclic) bond motifs is 1. The van der Waals surface area contributed by atoms with Crippen molar-refractivity contribution >= 4 is 40.6 Å². The van der Waals surface area contributed by atoms with Crippen molar-refractivity contribution in [3.63, 3.8) is 0 Å². The second kappa shape index (κ2) is 10.7. The number of benzene rings is 1. The maximum atomic E-state index is 12.6. The van der Waals surface area contributed by atoms with Crippen molar-refractivity contribution in [1.82, 2.24) is 30.0 Å². The highest BCUT2D eigenvalue weighted by Gasteiger charge is 2.26. The van der Waals surface area contributed by atoms with Crippen LogP contribution < -0.4 is 10.2 Å². The summed E-state index contributed by atoms with van der Waals surface area (Å²) in [5.74, 6) is 1.64. The molecule has 176 valence electrons. The number of amides is 1. The lowest BCUT2D eigenvalue weighted by Gasteiger charge is -2.32. The molecule has 1 saturated heterocycles. The second-order valence-corrected chi connectivity index (χ2v) is 9.01. The predicted molar refractivity (Wildman–Crippen MR) is 132 cm³/mol. The smallest absolute Gasteiger partial charge is 0.223 e. The number of rotatable bonds is 8. The molecule has 4 rings (SSSR count). The van der Waals surface area contributed by atoms with E-state index in [9.17, 15) is 4.79 Å². The van der Waals surface area contributed by atoms with E-state index in [0.717, 1.165) is 56.9 Å². The van der Waals surface area contributed by atoms with Gasteiger partial charge in [-0.15, -0.1) is 15.3 Å². The standard InChI is InChI=1S/C23H29Cl2N7O/c1-3-30(4-2)14-11-26-23(33)16-9-12-31(13-10-16)21-8-7-20-27-28-22(32(20)29-21)17-5-6-18(24)19(25)15-17/h5-8,15-16H,3-4,9-14H2,1-2H3,(H,26,33). The van der Waals surface area contributed by atoms with Gasteiger partial charge in [0.15, 0.2) is 11.5 Å². The number of piperidine rings is 1. The largest absolute Gasteiger partial charge is 0.355 e. The minimum absolute atomic E-state index is 0.0448. The van der Waals surface area contributed by atoms with Gasteiger partial charge in [-0.25, -0.2) is 0 Å². The minimum atomic E-state index is 0.0448.